The fraction of sp³-hybridized carbons (Fsp3) is 0.467. The van der Waals surface area contributed by atoms with Gasteiger partial charge in [-0.2, -0.15) is 0 Å². The Bertz CT molecular complexity index is 471. The van der Waals surface area contributed by atoms with Gasteiger partial charge in [-0.3, -0.25) is 9.59 Å². The molecule has 1 unspecified atom stereocenters. The molecular weight excluding hydrogens is 274 g/mol. The number of rotatable bonds is 6. The Kier molecular flexibility index (Phi) is 5.06. The van der Waals surface area contributed by atoms with E-state index in [1.165, 1.54) is 4.90 Å². The Morgan fingerprint density at radius 2 is 2.00 bits per heavy atom. The lowest BCUT2D eigenvalue weighted by Crippen LogP contribution is -2.53. The number of benzene rings is 1. The third-order valence-electron chi connectivity index (χ3n) is 3.69. The molecule has 1 saturated heterocycles. The zero-order valence-electron chi connectivity index (χ0n) is 11.5. The van der Waals surface area contributed by atoms with E-state index < -0.39 is 5.97 Å². The molecule has 0 aromatic heterocycles. The zero-order valence-corrected chi connectivity index (χ0v) is 12.3. The summed E-state index contributed by atoms with van der Waals surface area (Å²) >= 11 is 1.67. The molecule has 1 amide bonds. The molecule has 0 radical (unpaired) electrons. The summed E-state index contributed by atoms with van der Waals surface area (Å²) in [5, 5.41) is 8.90. The number of thioether (sulfide) groups is 1. The second-order valence-corrected chi connectivity index (χ2v) is 6.27. The molecule has 1 heterocycles. The van der Waals surface area contributed by atoms with Crippen LogP contribution in [0.2, 0.25) is 0 Å². The van der Waals surface area contributed by atoms with Crippen LogP contribution in [-0.2, 0) is 9.59 Å². The largest absolute Gasteiger partial charge is 0.481 e. The van der Waals surface area contributed by atoms with Crippen molar-refractivity contribution in [3.8, 4) is 0 Å². The summed E-state index contributed by atoms with van der Waals surface area (Å²) < 4.78 is 0. The molecule has 1 aliphatic rings. The summed E-state index contributed by atoms with van der Waals surface area (Å²) in [7, 11) is 0. The summed E-state index contributed by atoms with van der Waals surface area (Å²) in [6, 6.07) is 10.0. The molecule has 1 fully saturated rings. The van der Waals surface area contributed by atoms with E-state index in [9.17, 15) is 9.59 Å². The van der Waals surface area contributed by atoms with Crippen molar-refractivity contribution in [3.63, 3.8) is 0 Å². The van der Waals surface area contributed by atoms with Crippen molar-refractivity contribution in [2.45, 2.75) is 18.2 Å². The van der Waals surface area contributed by atoms with Crippen LogP contribution in [0.1, 0.15) is 13.3 Å². The maximum absolute atomic E-state index is 11.9. The highest BCUT2D eigenvalue weighted by atomic mass is 32.2. The van der Waals surface area contributed by atoms with Crippen LogP contribution in [0, 0.1) is 11.8 Å². The van der Waals surface area contributed by atoms with Gasteiger partial charge < -0.3 is 10.0 Å². The lowest BCUT2D eigenvalue weighted by Gasteiger charge is -2.41. The van der Waals surface area contributed by atoms with Crippen molar-refractivity contribution in [3.05, 3.63) is 30.3 Å². The van der Waals surface area contributed by atoms with Crippen molar-refractivity contribution in [1.82, 2.24) is 4.90 Å². The zero-order chi connectivity index (χ0) is 14.5. The molecule has 2 rings (SSSR count). The van der Waals surface area contributed by atoms with Gasteiger partial charge >= 0.3 is 5.97 Å². The second-order valence-electron chi connectivity index (χ2n) is 5.10. The molecule has 1 N–H and O–H groups in total. The number of carboxylic acid groups (broad SMARTS) is 1. The van der Waals surface area contributed by atoms with E-state index in [1.54, 1.807) is 23.6 Å². The van der Waals surface area contributed by atoms with Crippen molar-refractivity contribution >= 4 is 23.6 Å². The smallest absolute Gasteiger partial charge is 0.306 e. The molecule has 0 aliphatic carbocycles. The second kappa shape index (κ2) is 6.79. The predicted octanol–water partition coefficient (Wildman–Crippen LogP) is 2.35. The average Bonchev–Trinajstić information content (AvgIpc) is 2.38. The van der Waals surface area contributed by atoms with Crippen LogP contribution in [0.3, 0.4) is 0 Å². The van der Waals surface area contributed by atoms with E-state index in [1.807, 2.05) is 30.3 Å². The maximum atomic E-state index is 11.9. The quantitative estimate of drug-likeness (QED) is 0.818. The third kappa shape index (κ3) is 3.76. The van der Waals surface area contributed by atoms with Crippen molar-refractivity contribution in [2.24, 2.45) is 11.8 Å². The van der Waals surface area contributed by atoms with Gasteiger partial charge in [0.1, 0.15) is 0 Å². The number of aliphatic carboxylic acids is 1. The summed E-state index contributed by atoms with van der Waals surface area (Å²) in [5.74, 6) is -0.140. The molecule has 1 aromatic carbocycles. The third-order valence-corrected chi connectivity index (χ3v) is 4.70. The van der Waals surface area contributed by atoms with Gasteiger partial charge in [0.15, 0.2) is 0 Å². The number of hydrogen-bond donors (Lipinski definition) is 1. The molecule has 1 aliphatic heterocycles. The van der Waals surface area contributed by atoms with Crippen LogP contribution in [0.4, 0.5) is 0 Å². The number of carbonyl (C=O) groups is 2. The van der Waals surface area contributed by atoms with Gasteiger partial charge in [0.05, 0.1) is 5.92 Å². The maximum Gasteiger partial charge on any atom is 0.306 e. The number of carboxylic acids is 1. The number of nitrogens with zero attached hydrogens (tertiary/aromatic N) is 1. The minimum Gasteiger partial charge on any atom is -0.481 e. The molecule has 5 heteroatoms. The molecular formula is C15H19NO3S. The Morgan fingerprint density at radius 1 is 1.35 bits per heavy atom. The first-order valence-electron chi connectivity index (χ1n) is 6.76. The summed E-state index contributed by atoms with van der Waals surface area (Å²) in [5.41, 5.74) is 0. The molecule has 1 aromatic rings. The van der Waals surface area contributed by atoms with Crippen LogP contribution in [0.15, 0.2) is 35.2 Å². The van der Waals surface area contributed by atoms with E-state index in [0.717, 1.165) is 5.75 Å². The molecule has 0 bridgehead atoms. The summed E-state index contributed by atoms with van der Waals surface area (Å²) in [4.78, 5) is 25.7. The van der Waals surface area contributed by atoms with Gasteiger partial charge in [-0.05, 0) is 12.1 Å². The van der Waals surface area contributed by atoms with Gasteiger partial charge in [-0.25, -0.2) is 0 Å². The van der Waals surface area contributed by atoms with E-state index in [0.29, 0.717) is 19.5 Å². The van der Waals surface area contributed by atoms with E-state index in [-0.39, 0.29) is 17.7 Å². The van der Waals surface area contributed by atoms with Gasteiger partial charge in [0, 0.05) is 36.1 Å². The molecule has 1 atom stereocenters. The standard InChI is InChI=1S/C15H19NO3S/c1-11(15(18)19)12-9-16(10-12)14(17)7-8-20-13-5-3-2-4-6-13/h2-6,11-12H,7-10H2,1H3,(H,18,19). The monoisotopic (exact) mass is 293 g/mol. The topological polar surface area (TPSA) is 57.6 Å². The molecule has 0 saturated carbocycles. The van der Waals surface area contributed by atoms with Gasteiger partial charge in [0.25, 0.3) is 0 Å². The molecule has 0 spiro atoms. The van der Waals surface area contributed by atoms with Crippen LogP contribution in [0.5, 0.6) is 0 Å². The average molecular weight is 293 g/mol. The fourth-order valence-corrected chi connectivity index (χ4v) is 3.03. The number of carbonyl (C=O) groups excluding carboxylic acids is 1. The van der Waals surface area contributed by atoms with Gasteiger partial charge in [-0.1, -0.05) is 25.1 Å². The van der Waals surface area contributed by atoms with Gasteiger partial charge in [-0.15, -0.1) is 11.8 Å². The lowest BCUT2D eigenvalue weighted by molar-refractivity contribution is -0.150. The van der Waals surface area contributed by atoms with Gasteiger partial charge in [0.2, 0.25) is 5.91 Å². The Balaban J connectivity index is 1.66. The lowest BCUT2D eigenvalue weighted by atomic mass is 9.87. The molecule has 20 heavy (non-hydrogen) atoms. The van der Waals surface area contributed by atoms with E-state index >= 15 is 0 Å². The minimum absolute atomic E-state index is 0.109. The van der Waals surface area contributed by atoms with Crippen LogP contribution in [0.25, 0.3) is 0 Å². The van der Waals surface area contributed by atoms with Crippen molar-refractivity contribution in [2.75, 3.05) is 18.8 Å². The Labute approximate surface area is 123 Å². The Hall–Kier alpha value is -1.49. The number of amides is 1. The van der Waals surface area contributed by atoms with E-state index in [4.69, 9.17) is 5.11 Å². The van der Waals surface area contributed by atoms with Crippen molar-refractivity contribution in [1.29, 1.82) is 0 Å². The highest BCUT2D eigenvalue weighted by Crippen LogP contribution is 2.25. The molecule has 4 nitrogen and oxygen atoms in total. The Morgan fingerprint density at radius 3 is 2.60 bits per heavy atom. The van der Waals surface area contributed by atoms with Crippen LogP contribution in [-0.4, -0.2) is 40.7 Å². The number of hydrogen-bond acceptors (Lipinski definition) is 3. The first kappa shape index (κ1) is 14.9. The number of likely N-dealkylation sites (tertiary alicyclic amines) is 1. The normalized spacial score (nSPS) is 16.6. The first-order chi connectivity index (χ1) is 9.58. The molecule has 108 valence electrons. The first-order valence-corrected chi connectivity index (χ1v) is 7.75. The minimum atomic E-state index is -0.776. The van der Waals surface area contributed by atoms with Crippen molar-refractivity contribution < 1.29 is 14.7 Å². The highest BCUT2D eigenvalue weighted by Gasteiger charge is 2.36. The van der Waals surface area contributed by atoms with E-state index in [2.05, 4.69) is 0 Å². The summed E-state index contributed by atoms with van der Waals surface area (Å²) in [6.45, 7) is 2.88. The predicted molar refractivity (Wildman–Crippen MR) is 78.7 cm³/mol. The summed E-state index contributed by atoms with van der Waals surface area (Å²) in [6.07, 6.45) is 0.508. The van der Waals surface area contributed by atoms with Crippen LogP contribution < -0.4 is 0 Å². The SMILES string of the molecule is CC(C(=O)O)C1CN(C(=O)CCSc2ccccc2)C1. The fourth-order valence-electron chi connectivity index (χ4n) is 2.17. The van der Waals surface area contributed by atoms with Crippen LogP contribution >= 0.6 is 11.8 Å². The highest BCUT2D eigenvalue weighted by molar-refractivity contribution is 7.99.